The van der Waals surface area contributed by atoms with Gasteiger partial charge < -0.3 is 9.47 Å². The van der Waals surface area contributed by atoms with Gasteiger partial charge in [-0.25, -0.2) is 9.37 Å². The largest absolute Gasteiger partial charge is 0.493 e. The van der Waals surface area contributed by atoms with Crippen molar-refractivity contribution in [2.24, 2.45) is 0 Å². The molecule has 2 aromatic carbocycles. The van der Waals surface area contributed by atoms with Crippen LogP contribution in [-0.2, 0) is 6.54 Å². The lowest BCUT2D eigenvalue weighted by molar-refractivity contribution is 0.0985. The quantitative estimate of drug-likeness (QED) is 0.447. The third kappa shape index (κ3) is 3.97. The number of amides is 1. The van der Waals surface area contributed by atoms with Crippen LogP contribution >= 0.6 is 11.3 Å². The number of ether oxygens (including phenoxy) is 2. The minimum atomic E-state index is -0.341. The molecule has 0 spiro atoms. The second-order valence-electron chi connectivity index (χ2n) is 6.40. The van der Waals surface area contributed by atoms with E-state index >= 15 is 0 Å². The Bertz CT molecular complexity index is 1180. The number of hydrogen-bond acceptors (Lipinski definition) is 6. The molecule has 0 aliphatic carbocycles. The molecule has 2 heterocycles. The number of thiazole rings is 1. The molecule has 9 heteroatoms. The fourth-order valence-electron chi connectivity index (χ4n) is 3.05. The molecule has 4 rings (SSSR count). The van der Waals surface area contributed by atoms with Gasteiger partial charge in [0.15, 0.2) is 16.6 Å². The zero-order valence-electron chi connectivity index (χ0n) is 16.4. The van der Waals surface area contributed by atoms with Crippen molar-refractivity contribution in [2.45, 2.75) is 6.54 Å². The van der Waals surface area contributed by atoms with Crippen molar-refractivity contribution in [3.05, 3.63) is 66.2 Å². The Balaban J connectivity index is 1.71. The number of rotatable bonds is 7. The molecule has 0 radical (unpaired) electrons. The van der Waals surface area contributed by atoms with E-state index in [-0.39, 0.29) is 11.7 Å². The van der Waals surface area contributed by atoms with Crippen molar-refractivity contribution in [3.63, 3.8) is 0 Å². The van der Waals surface area contributed by atoms with E-state index in [1.54, 1.807) is 40.0 Å². The Morgan fingerprint density at radius 1 is 1.17 bits per heavy atom. The van der Waals surface area contributed by atoms with Crippen molar-refractivity contribution in [1.29, 1.82) is 0 Å². The average molecular weight is 426 g/mol. The summed E-state index contributed by atoms with van der Waals surface area (Å²) >= 11 is 1.27. The van der Waals surface area contributed by atoms with Crippen LogP contribution < -0.4 is 14.4 Å². The molecular formula is C21H19FN4O3S. The fourth-order valence-corrected chi connectivity index (χ4v) is 4.06. The number of aromatic nitrogens is 3. The molecular weight excluding hydrogens is 407 g/mol. The third-order valence-electron chi connectivity index (χ3n) is 4.56. The molecule has 0 saturated carbocycles. The van der Waals surface area contributed by atoms with Crippen LogP contribution in [0.15, 0.2) is 54.9 Å². The Hall–Kier alpha value is -3.46. The predicted molar refractivity (Wildman–Crippen MR) is 113 cm³/mol. The molecule has 0 fully saturated rings. The molecule has 2 aromatic heterocycles. The molecule has 154 valence electrons. The Labute approximate surface area is 176 Å². The smallest absolute Gasteiger partial charge is 0.260 e. The normalized spacial score (nSPS) is 10.9. The van der Waals surface area contributed by atoms with Crippen LogP contribution in [0.4, 0.5) is 9.52 Å². The highest BCUT2D eigenvalue weighted by molar-refractivity contribution is 7.22. The Morgan fingerprint density at radius 3 is 2.73 bits per heavy atom. The number of fused-ring (bicyclic) bond motifs is 1. The second-order valence-corrected chi connectivity index (χ2v) is 7.41. The predicted octanol–water partition coefficient (Wildman–Crippen LogP) is 4.00. The summed E-state index contributed by atoms with van der Waals surface area (Å²) in [4.78, 5) is 19.5. The molecule has 0 aliphatic rings. The van der Waals surface area contributed by atoms with Gasteiger partial charge >= 0.3 is 0 Å². The number of halogens is 1. The highest BCUT2D eigenvalue weighted by Gasteiger charge is 2.23. The van der Waals surface area contributed by atoms with Crippen LogP contribution in [0.1, 0.15) is 10.4 Å². The minimum Gasteiger partial charge on any atom is -0.493 e. The van der Waals surface area contributed by atoms with Crippen LogP contribution in [0.5, 0.6) is 11.5 Å². The lowest BCUT2D eigenvalue weighted by Crippen LogP contribution is -2.34. The molecule has 0 unspecified atom stereocenters. The van der Waals surface area contributed by atoms with Gasteiger partial charge in [0.25, 0.3) is 5.91 Å². The lowest BCUT2D eigenvalue weighted by atomic mass is 10.1. The first-order chi connectivity index (χ1) is 14.6. The number of nitrogens with zero attached hydrogens (tertiary/aromatic N) is 4. The topological polar surface area (TPSA) is 69.5 Å². The highest BCUT2D eigenvalue weighted by Crippen LogP contribution is 2.32. The van der Waals surface area contributed by atoms with Crippen LogP contribution in [0.2, 0.25) is 0 Å². The van der Waals surface area contributed by atoms with E-state index in [1.165, 1.54) is 37.7 Å². The van der Waals surface area contributed by atoms with Gasteiger partial charge in [0.1, 0.15) is 5.82 Å². The number of carbonyl (C=O) groups excluding carboxylic acids is 1. The molecule has 30 heavy (non-hydrogen) atoms. The second kappa shape index (κ2) is 8.50. The van der Waals surface area contributed by atoms with Gasteiger partial charge in [-0.1, -0.05) is 11.3 Å². The molecule has 0 bridgehead atoms. The van der Waals surface area contributed by atoms with Gasteiger partial charge in [0.05, 0.1) is 31.0 Å². The van der Waals surface area contributed by atoms with E-state index < -0.39 is 0 Å². The maximum Gasteiger partial charge on any atom is 0.260 e. The van der Waals surface area contributed by atoms with Crippen LogP contribution in [-0.4, -0.2) is 41.4 Å². The summed E-state index contributed by atoms with van der Waals surface area (Å²) in [6.45, 7) is 0.827. The van der Waals surface area contributed by atoms with E-state index in [9.17, 15) is 9.18 Å². The number of hydrogen-bond donors (Lipinski definition) is 0. The SMILES string of the molecule is COc1ccc(C(=O)N(CCn2cccn2)c2nc3ccc(F)cc3s2)cc1OC. The molecule has 0 N–H and O–H groups in total. The molecule has 4 aromatic rings. The summed E-state index contributed by atoms with van der Waals surface area (Å²) in [7, 11) is 3.06. The van der Waals surface area contributed by atoms with Gasteiger partial charge in [-0.2, -0.15) is 5.10 Å². The van der Waals surface area contributed by atoms with Gasteiger partial charge in [0, 0.05) is 24.5 Å². The van der Waals surface area contributed by atoms with Crippen molar-refractivity contribution >= 4 is 32.6 Å². The standard InChI is InChI=1S/C21H19FN4O3S/c1-28-17-7-4-14(12-18(17)29-2)20(27)26(11-10-25-9-3-8-23-25)21-24-16-6-5-15(22)13-19(16)30-21/h3-9,12-13H,10-11H2,1-2H3. The first-order valence-corrected chi connectivity index (χ1v) is 9.98. The monoisotopic (exact) mass is 426 g/mol. The molecule has 0 aliphatic heterocycles. The maximum atomic E-state index is 13.6. The van der Waals surface area contributed by atoms with Crippen molar-refractivity contribution in [2.75, 3.05) is 25.7 Å². The molecule has 0 atom stereocenters. The van der Waals surface area contributed by atoms with E-state index in [0.717, 1.165) is 0 Å². The minimum absolute atomic E-state index is 0.248. The van der Waals surface area contributed by atoms with Crippen molar-refractivity contribution in [1.82, 2.24) is 14.8 Å². The van der Waals surface area contributed by atoms with E-state index in [1.807, 2.05) is 12.3 Å². The van der Waals surface area contributed by atoms with Gasteiger partial charge in [0.2, 0.25) is 0 Å². The molecule has 7 nitrogen and oxygen atoms in total. The zero-order chi connectivity index (χ0) is 21.1. The van der Waals surface area contributed by atoms with Gasteiger partial charge in [-0.05, 0) is 42.5 Å². The molecule has 1 amide bonds. The number of carbonyl (C=O) groups is 1. The van der Waals surface area contributed by atoms with Crippen LogP contribution in [0.25, 0.3) is 10.2 Å². The van der Waals surface area contributed by atoms with Crippen molar-refractivity contribution in [3.8, 4) is 11.5 Å². The number of methoxy groups -OCH3 is 2. The van der Waals surface area contributed by atoms with E-state index in [0.29, 0.717) is 45.5 Å². The fraction of sp³-hybridized carbons (Fsp3) is 0.190. The summed E-state index contributed by atoms with van der Waals surface area (Å²) < 4.78 is 26.6. The Kier molecular flexibility index (Phi) is 5.62. The highest BCUT2D eigenvalue weighted by atomic mass is 32.1. The van der Waals surface area contributed by atoms with Crippen LogP contribution in [0, 0.1) is 5.82 Å². The van der Waals surface area contributed by atoms with E-state index in [4.69, 9.17) is 9.47 Å². The summed E-state index contributed by atoms with van der Waals surface area (Å²) in [5, 5.41) is 4.68. The maximum absolute atomic E-state index is 13.6. The third-order valence-corrected chi connectivity index (χ3v) is 5.60. The summed E-state index contributed by atoms with van der Waals surface area (Å²) in [5.74, 6) is 0.406. The van der Waals surface area contributed by atoms with Crippen molar-refractivity contribution < 1.29 is 18.7 Å². The van der Waals surface area contributed by atoms with E-state index in [2.05, 4.69) is 10.1 Å². The number of anilines is 1. The zero-order valence-corrected chi connectivity index (χ0v) is 17.2. The average Bonchev–Trinajstić information content (AvgIpc) is 3.42. The summed E-state index contributed by atoms with van der Waals surface area (Å²) in [5.41, 5.74) is 1.07. The lowest BCUT2D eigenvalue weighted by Gasteiger charge is -2.20. The first-order valence-electron chi connectivity index (χ1n) is 9.16. The Morgan fingerprint density at radius 2 is 2.00 bits per heavy atom. The summed E-state index contributed by atoms with van der Waals surface area (Å²) in [6.07, 6.45) is 3.51. The number of benzene rings is 2. The molecule has 0 saturated heterocycles. The first kappa shape index (κ1) is 19.8. The van der Waals surface area contributed by atoms with Gasteiger partial charge in [-0.15, -0.1) is 0 Å². The van der Waals surface area contributed by atoms with Crippen LogP contribution in [0.3, 0.4) is 0 Å². The summed E-state index contributed by atoms with van der Waals surface area (Å²) in [6, 6.07) is 11.2. The van der Waals surface area contributed by atoms with Gasteiger partial charge in [-0.3, -0.25) is 14.4 Å².